The van der Waals surface area contributed by atoms with Crippen LogP contribution in [0.3, 0.4) is 0 Å². The van der Waals surface area contributed by atoms with Crippen molar-refractivity contribution < 1.29 is 4.74 Å². The van der Waals surface area contributed by atoms with Gasteiger partial charge in [-0.25, -0.2) is 0 Å². The van der Waals surface area contributed by atoms with Gasteiger partial charge in [-0.05, 0) is 36.9 Å². The molecule has 0 aliphatic rings. The third kappa shape index (κ3) is 3.49. The number of thioether (sulfide) groups is 1. The summed E-state index contributed by atoms with van der Waals surface area (Å²) < 4.78 is 5.89. The predicted octanol–water partition coefficient (Wildman–Crippen LogP) is 3.75. The van der Waals surface area contributed by atoms with Crippen LogP contribution in [0, 0.1) is 6.92 Å². The van der Waals surface area contributed by atoms with Crippen LogP contribution < -0.4 is 10.5 Å². The molecule has 0 radical (unpaired) electrons. The third-order valence-electron chi connectivity index (χ3n) is 2.71. The molecule has 0 bridgehead atoms. The van der Waals surface area contributed by atoms with E-state index in [1.807, 2.05) is 31.2 Å². The van der Waals surface area contributed by atoms with Crippen molar-refractivity contribution in [2.24, 2.45) is 5.73 Å². The maximum Gasteiger partial charge on any atom is 0.145 e. The highest BCUT2D eigenvalue weighted by molar-refractivity contribution is 7.99. The van der Waals surface area contributed by atoms with Crippen molar-refractivity contribution in [1.29, 1.82) is 0 Å². The quantitative estimate of drug-likeness (QED) is 0.843. The molecule has 1 heterocycles. The Morgan fingerprint density at radius 2 is 2.11 bits per heavy atom. The first-order chi connectivity index (χ1) is 9.24. The zero-order valence-electron chi connectivity index (χ0n) is 11.2. The molecule has 0 saturated heterocycles. The predicted molar refractivity (Wildman–Crippen MR) is 79.8 cm³/mol. The number of aromatic nitrogens is 1. The minimum Gasteiger partial charge on any atom is -0.455 e. The van der Waals surface area contributed by atoms with E-state index >= 15 is 0 Å². The maximum absolute atomic E-state index is 5.89. The van der Waals surface area contributed by atoms with Gasteiger partial charge in [0.1, 0.15) is 11.5 Å². The average Bonchev–Trinajstić information content (AvgIpc) is 2.42. The highest BCUT2D eigenvalue weighted by atomic mass is 32.2. The largest absolute Gasteiger partial charge is 0.455 e. The molecule has 0 fully saturated rings. The number of hydrogen-bond donors (Lipinski definition) is 1. The summed E-state index contributed by atoms with van der Waals surface area (Å²) in [7, 11) is 0. The van der Waals surface area contributed by atoms with Crippen molar-refractivity contribution in [3.05, 3.63) is 47.8 Å². The minimum absolute atomic E-state index is 0.470. The zero-order chi connectivity index (χ0) is 13.7. The zero-order valence-corrected chi connectivity index (χ0v) is 12.0. The first kappa shape index (κ1) is 13.9. The lowest BCUT2D eigenvalue weighted by Crippen LogP contribution is -2.01. The molecule has 3 nitrogen and oxygen atoms in total. The van der Waals surface area contributed by atoms with E-state index in [0.717, 1.165) is 28.5 Å². The van der Waals surface area contributed by atoms with Gasteiger partial charge in [0.05, 0.1) is 6.20 Å². The fraction of sp³-hybridized carbons (Fsp3) is 0.267. The summed E-state index contributed by atoms with van der Waals surface area (Å²) in [5.74, 6) is 2.56. The van der Waals surface area contributed by atoms with Gasteiger partial charge in [0.15, 0.2) is 0 Å². The molecule has 1 aromatic heterocycles. The van der Waals surface area contributed by atoms with Crippen LogP contribution in [-0.2, 0) is 6.54 Å². The Bertz CT molecular complexity index is 540. The average molecular weight is 274 g/mol. The standard InChI is InChI=1S/C15H18N2OS/c1-3-19-15-6-4-5-14(13(15)9-16)18-12-8-7-11(2)17-10-12/h4-8,10H,3,9,16H2,1-2H3. The molecule has 1 aromatic carbocycles. The molecule has 0 spiro atoms. The number of hydrogen-bond acceptors (Lipinski definition) is 4. The second kappa shape index (κ2) is 6.59. The van der Waals surface area contributed by atoms with Crippen molar-refractivity contribution >= 4 is 11.8 Å². The number of rotatable bonds is 5. The van der Waals surface area contributed by atoms with E-state index in [1.165, 1.54) is 4.90 Å². The van der Waals surface area contributed by atoms with Crippen LogP contribution in [0.2, 0.25) is 0 Å². The Kier molecular flexibility index (Phi) is 4.82. The molecular formula is C15H18N2OS. The van der Waals surface area contributed by atoms with Crippen molar-refractivity contribution in [3.8, 4) is 11.5 Å². The lowest BCUT2D eigenvalue weighted by molar-refractivity contribution is 0.471. The summed E-state index contributed by atoms with van der Waals surface area (Å²) in [6.07, 6.45) is 1.73. The van der Waals surface area contributed by atoms with Crippen molar-refractivity contribution in [1.82, 2.24) is 4.98 Å². The third-order valence-corrected chi connectivity index (χ3v) is 3.69. The molecule has 0 saturated carbocycles. The summed E-state index contributed by atoms with van der Waals surface area (Å²) in [4.78, 5) is 5.41. The van der Waals surface area contributed by atoms with Crippen LogP contribution in [0.4, 0.5) is 0 Å². The van der Waals surface area contributed by atoms with E-state index in [9.17, 15) is 0 Å². The second-order valence-electron chi connectivity index (χ2n) is 4.11. The van der Waals surface area contributed by atoms with Crippen LogP contribution in [0.1, 0.15) is 18.2 Å². The number of ether oxygens (including phenoxy) is 1. The second-order valence-corrected chi connectivity index (χ2v) is 5.41. The maximum atomic E-state index is 5.89. The monoisotopic (exact) mass is 274 g/mol. The minimum atomic E-state index is 0.470. The molecule has 100 valence electrons. The van der Waals surface area contributed by atoms with Gasteiger partial charge in [0.2, 0.25) is 0 Å². The lowest BCUT2D eigenvalue weighted by Gasteiger charge is -2.13. The Morgan fingerprint density at radius 1 is 1.26 bits per heavy atom. The molecule has 0 aliphatic carbocycles. The molecule has 0 atom stereocenters. The Morgan fingerprint density at radius 3 is 2.74 bits per heavy atom. The summed E-state index contributed by atoms with van der Waals surface area (Å²) in [5, 5.41) is 0. The summed E-state index contributed by atoms with van der Waals surface area (Å²) in [6, 6.07) is 9.87. The summed E-state index contributed by atoms with van der Waals surface area (Å²) in [5.41, 5.74) is 7.88. The van der Waals surface area contributed by atoms with Crippen molar-refractivity contribution in [3.63, 3.8) is 0 Å². The topological polar surface area (TPSA) is 48.1 Å². The van der Waals surface area contributed by atoms with Gasteiger partial charge in [0, 0.05) is 22.7 Å². The highest BCUT2D eigenvalue weighted by Gasteiger charge is 2.09. The summed E-state index contributed by atoms with van der Waals surface area (Å²) >= 11 is 1.78. The first-order valence-corrected chi connectivity index (χ1v) is 7.28. The van der Waals surface area contributed by atoms with E-state index in [-0.39, 0.29) is 0 Å². The number of pyridine rings is 1. The van der Waals surface area contributed by atoms with Crippen LogP contribution in [0.25, 0.3) is 0 Å². The number of nitrogens with zero attached hydrogens (tertiary/aromatic N) is 1. The van der Waals surface area contributed by atoms with Gasteiger partial charge in [-0.3, -0.25) is 4.98 Å². The lowest BCUT2D eigenvalue weighted by atomic mass is 10.2. The van der Waals surface area contributed by atoms with Gasteiger partial charge in [-0.15, -0.1) is 11.8 Å². The van der Waals surface area contributed by atoms with Crippen LogP contribution in [0.15, 0.2) is 41.4 Å². The van der Waals surface area contributed by atoms with Gasteiger partial charge in [0.25, 0.3) is 0 Å². The molecule has 2 N–H and O–H groups in total. The van der Waals surface area contributed by atoms with Crippen molar-refractivity contribution in [2.45, 2.75) is 25.3 Å². The van der Waals surface area contributed by atoms with Crippen LogP contribution in [-0.4, -0.2) is 10.7 Å². The van der Waals surface area contributed by atoms with E-state index in [0.29, 0.717) is 6.54 Å². The van der Waals surface area contributed by atoms with Crippen LogP contribution >= 0.6 is 11.8 Å². The fourth-order valence-electron chi connectivity index (χ4n) is 1.77. The SMILES string of the molecule is CCSc1cccc(Oc2ccc(C)nc2)c1CN. The molecule has 0 aliphatic heterocycles. The van der Waals surface area contributed by atoms with E-state index in [4.69, 9.17) is 10.5 Å². The van der Waals surface area contributed by atoms with E-state index in [1.54, 1.807) is 18.0 Å². The van der Waals surface area contributed by atoms with Gasteiger partial charge < -0.3 is 10.5 Å². The highest BCUT2D eigenvalue weighted by Crippen LogP contribution is 2.32. The Labute approximate surface area is 118 Å². The smallest absolute Gasteiger partial charge is 0.145 e. The normalized spacial score (nSPS) is 10.5. The van der Waals surface area contributed by atoms with Crippen molar-refractivity contribution in [2.75, 3.05) is 5.75 Å². The Hall–Kier alpha value is -1.52. The molecular weight excluding hydrogens is 256 g/mol. The molecule has 0 amide bonds. The van der Waals surface area contributed by atoms with Gasteiger partial charge >= 0.3 is 0 Å². The molecule has 2 rings (SSSR count). The fourth-order valence-corrected chi connectivity index (χ4v) is 2.62. The molecule has 4 heteroatoms. The van der Waals surface area contributed by atoms with Gasteiger partial charge in [-0.2, -0.15) is 0 Å². The number of aryl methyl sites for hydroxylation is 1. The van der Waals surface area contributed by atoms with Gasteiger partial charge in [-0.1, -0.05) is 13.0 Å². The number of benzene rings is 1. The Balaban J connectivity index is 2.28. The summed E-state index contributed by atoms with van der Waals surface area (Å²) in [6.45, 7) is 4.55. The number of nitrogens with two attached hydrogens (primary N) is 1. The first-order valence-electron chi connectivity index (χ1n) is 6.30. The molecule has 0 unspecified atom stereocenters. The van der Waals surface area contributed by atoms with E-state index < -0.39 is 0 Å². The van der Waals surface area contributed by atoms with Crippen LogP contribution in [0.5, 0.6) is 11.5 Å². The molecule has 2 aromatic rings. The van der Waals surface area contributed by atoms with E-state index in [2.05, 4.69) is 18.0 Å². The molecule has 19 heavy (non-hydrogen) atoms.